The minimum absolute atomic E-state index is 0. The summed E-state index contributed by atoms with van der Waals surface area (Å²) in [6, 6.07) is 8.29. The molecule has 1 fully saturated rings. The Kier molecular flexibility index (Phi) is 10.4. The van der Waals surface area contributed by atoms with Gasteiger partial charge in [0.2, 0.25) is 0 Å². The first-order chi connectivity index (χ1) is 14.1. The Morgan fingerprint density at radius 3 is 2.97 bits per heavy atom. The topological polar surface area (TPSA) is 72.7 Å². The summed E-state index contributed by atoms with van der Waals surface area (Å²) in [4.78, 5) is 4.34. The van der Waals surface area contributed by atoms with Crippen LogP contribution in [0.5, 0.6) is 5.75 Å². The van der Waals surface area contributed by atoms with Crippen molar-refractivity contribution in [2.45, 2.75) is 33.4 Å². The van der Waals surface area contributed by atoms with Gasteiger partial charge < -0.3 is 20.1 Å². The summed E-state index contributed by atoms with van der Waals surface area (Å²) in [5, 5.41) is 11.1. The Morgan fingerprint density at radius 1 is 1.40 bits per heavy atom. The molecule has 1 aromatic heterocycles. The van der Waals surface area contributed by atoms with Crippen molar-refractivity contribution in [3.05, 3.63) is 47.8 Å². The van der Waals surface area contributed by atoms with E-state index in [2.05, 4.69) is 52.8 Å². The highest BCUT2D eigenvalue weighted by Crippen LogP contribution is 2.22. The van der Waals surface area contributed by atoms with Crippen LogP contribution < -0.4 is 15.4 Å². The van der Waals surface area contributed by atoms with Gasteiger partial charge in [0.1, 0.15) is 5.75 Å². The van der Waals surface area contributed by atoms with Crippen molar-refractivity contribution in [3.8, 4) is 5.75 Å². The van der Waals surface area contributed by atoms with Gasteiger partial charge in [0, 0.05) is 57.2 Å². The Balaban J connectivity index is 0.00000320. The van der Waals surface area contributed by atoms with Crippen LogP contribution in [0.4, 0.5) is 0 Å². The van der Waals surface area contributed by atoms with E-state index in [0.717, 1.165) is 50.0 Å². The van der Waals surface area contributed by atoms with Gasteiger partial charge in [-0.3, -0.25) is 9.67 Å². The van der Waals surface area contributed by atoms with Gasteiger partial charge in [0.15, 0.2) is 5.96 Å². The molecule has 2 aromatic rings. The molecule has 0 spiro atoms. The molecule has 2 unspecified atom stereocenters. The van der Waals surface area contributed by atoms with Gasteiger partial charge >= 0.3 is 0 Å². The zero-order valence-electron chi connectivity index (χ0n) is 18.1. The van der Waals surface area contributed by atoms with Crippen LogP contribution in [0.2, 0.25) is 0 Å². The number of aryl methyl sites for hydroxylation is 1. The zero-order chi connectivity index (χ0) is 20.5. The van der Waals surface area contributed by atoms with Crippen molar-refractivity contribution in [1.82, 2.24) is 20.4 Å². The van der Waals surface area contributed by atoms with Gasteiger partial charge in [-0.1, -0.05) is 19.1 Å². The van der Waals surface area contributed by atoms with E-state index in [1.54, 1.807) is 7.05 Å². The molecule has 3 rings (SSSR count). The summed E-state index contributed by atoms with van der Waals surface area (Å²) in [7, 11) is 1.79. The van der Waals surface area contributed by atoms with Crippen LogP contribution in [0.3, 0.4) is 0 Å². The van der Waals surface area contributed by atoms with E-state index in [4.69, 9.17) is 9.47 Å². The molecule has 7 nitrogen and oxygen atoms in total. The Labute approximate surface area is 196 Å². The molecule has 0 aliphatic carbocycles. The first-order valence-corrected chi connectivity index (χ1v) is 10.4. The highest BCUT2D eigenvalue weighted by atomic mass is 127. The van der Waals surface area contributed by atoms with Crippen molar-refractivity contribution in [3.63, 3.8) is 0 Å². The first kappa shape index (κ1) is 24.5. The van der Waals surface area contributed by atoms with Crippen LogP contribution in [0.25, 0.3) is 0 Å². The van der Waals surface area contributed by atoms with Crippen LogP contribution in [0, 0.1) is 18.8 Å². The SMILES string of the molecule is CN=C(NCc1ccc(C)cc1OCC1CCOC1)NCC(C)Cn1cccn1.I. The standard InChI is InChI=1S/C22H33N5O2.HI/c1-17-5-6-20(21(11-17)29-16-19-7-10-28-15-19)13-25-22(23-3)24-12-18(2)14-27-9-4-8-26-27;/h4-6,8-9,11,18-19H,7,10,12-16H2,1-3H3,(H2,23,24,25);1H. The summed E-state index contributed by atoms with van der Waals surface area (Å²) in [5.74, 6) is 2.64. The first-order valence-electron chi connectivity index (χ1n) is 10.4. The van der Waals surface area contributed by atoms with E-state index < -0.39 is 0 Å². The lowest BCUT2D eigenvalue weighted by molar-refractivity contribution is 0.166. The molecule has 2 atom stereocenters. The van der Waals surface area contributed by atoms with E-state index in [9.17, 15) is 0 Å². The van der Waals surface area contributed by atoms with Crippen molar-refractivity contribution >= 4 is 29.9 Å². The molecule has 0 amide bonds. The molecule has 1 aromatic carbocycles. The molecule has 8 heteroatoms. The number of nitrogens with one attached hydrogen (secondary N) is 2. The third-order valence-corrected chi connectivity index (χ3v) is 5.07. The summed E-state index contributed by atoms with van der Waals surface area (Å²) >= 11 is 0. The molecular formula is C22H34IN5O2. The van der Waals surface area contributed by atoms with Crippen LogP contribution in [0.1, 0.15) is 24.5 Å². The number of rotatable bonds is 9. The predicted molar refractivity (Wildman–Crippen MR) is 131 cm³/mol. The maximum Gasteiger partial charge on any atom is 0.191 e. The van der Waals surface area contributed by atoms with Gasteiger partial charge in [-0.15, -0.1) is 24.0 Å². The Morgan fingerprint density at radius 2 is 2.27 bits per heavy atom. The van der Waals surface area contributed by atoms with E-state index in [1.807, 2.05) is 23.1 Å². The van der Waals surface area contributed by atoms with E-state index in [-0.39, 0.29) is 24.0 Å². The number of aromatic nitrogens is 2. The molecule has 0 radical (unpaired) electrons. The lowest BCUT2D eigenvalue weighted by atomic mass is 10.1. The van der Waals surface area contributed by atoms with Crippen molar-refractivity contribution in [2.24, 2.45) is 16.8 Å². The van der Waals surface area contributed by atoms with Gasteiger partial charge in [0.05, 0.1) is 13.2 Å². The number of hydrogen-bond acceptors (Lipinski definition) is 4. The van der Waals surface area contributed by atoms with E-state index in [1.165, 1.54) is 5.56 Å². The molecule has 1 saturated heterocycles. The molecule has 0 bridgehead atoms. The molecule has 166 valence electrons. The molecular weight excluding hydrogens is 493 g/mol. The van der Waals surface area contributed by atoms with Crippen molar-refractivity contribution in [1.29, 1.82) is 0 Å². The number of nitrogens with zero attached hydrogens (tertiary/aromatic N) is 3. The molecule has 1 aliphatic rings. The highest BCUT2D eigenvalue weighted by Gasteiger charge is 2.17. The number of guanidine groups is 1. The number of ether oxygens (including phenoxy) is 2. The number of benzene rings is 1. The number of hydrogen-bond donors (Lipinski definition) is 2. The van der Waals surface area contributed by atoms with Crippen LogP contribution in [-0.2, 0) is 17.8 Å². The van der Waals surface area contributed by atoms with Crippen molar-refractivity contribution in [2.75, 3.05) is 33.4 Å². The third-order valence-electron chi connectivity index (χ3n) is 5.07. The monoisotopic (exact) mass is 527 g/mol. The average molecular weight is 527 g/mol. The summed E-state index contributed by atoms with van der Waals surface area (Å²) in [6.45, 7) is 8.98. The average Bonchev–Trinajstić information content (AvgIpc) is 3.41. The number of aliphatic imine (C=N–C) groups is 1. The van der Waals surface area contributed by atoms with Crippen LogP contribution in [-0.4, -0.2) is 49.2 Å². The van der Waals surface area contributed by atoms with E-state index in [0.29, 0.717) is 25.0 Å². The fourth-order valence-corrected chi connectivity index (χ4v) is 3.33. The fourth-order valence-electron chi connectivity index (χ4n) is 3.33. The normalized spacial score (nSPS) is 17.3. The zero-order valence-corrected chi connectivity index (χ0v) is 20.5. The summed E-state index contributed by atoms with van der Waals surface area (Å²) in [5.41, 5.74) is 2.32. The molecule has 1 aliphatic heterocycles. The lowest BCUT2D eigenvalue weighted by Crippen LogP contribution is -2.39. The maximum atomic E-state index is 6.13. The Hall–Kier alpha value is -1.81. The minimum Gasteiger partial charge on any atom is -0.493 e. The second-order valence-electron chi connectivity index (χ2n) is 7.79. The Bertz CT molecular complexity index is 776. The second-order valence-corrected chi connectivity index (χ2v) is 7.79. The highest BCUT2D eigenvalue weighted by molar-refractivity contribution is 14.0. The second kappa shape index (κ2) is 12.8. The van der Waals surface area contributed by atoms with Crippen LogP contribution >= 0.6 is 24.0 Å². The van der Waals surface area contributed by atoms with Gasteiger partial charge in [-0.2, -0.15) is 5.10 Å². The third kappa shape index (κ3) is 7.79. The molecule has 2 N–H and O–H groups in total. The smallest absolute Gasteiger partial charge is 0.191 e. The molecule has 30 heavy (non-hydrogen) atoms. The molecule has 2 heterocycles. The van der Waals surface area contributed by atoms with Crippen molar-refractivity contribution < 1.29 is 9.47 Å². The maximum absolute atomic E-state index is 6.13. The molecule has 0 saturated carbocycles. The van der Waals surface area contributed by atoms with Gasteiger partial charge in [0.25, 0.3) is 0 Å². The van der Waals surface area contributed by atoms with E-state index >= 15 is 0 Å². The van der Waals surface area contributed by atoms with Gasteiger partial charge in [-0.25, -0.2) is 0 Å². The predicted octanol–water partition coefficient (Wildman–Crippen LogP) is 3.23. The summed E-state index contributed by atoms with van der Waals surface area (Å²) < 4.78 is 13.5. The van der Waals surface area contributed by atoms with Gasteiger partial charge in [-0.05, 0) is 37.0 Å². The quantitative estimate of drug-likeness (QED) is 0.298. The lowest BCUT2D eigenvalue weighted by Gasteiger charge is -2.18. The largest absolute Gasteiger partial charge is 0.493 e. The van der Waals surface area contributed by atoms with Crippen LogP contribution in [0.15, 0.2) is 41.7 Å². The number of halogens is 1. The fraction of sp³-hybridized carbons (Fsp3) is 0.545. The summed E-state index contributed by atoms with van der Waals surface area (Å²) in [6.07, 6.45) is 4.87. The minimum atomic E-state index is 0.